The Bertz CT molecular complexity index is 363. The van der Waals surface area contributed by atoms with Crippen LogP contribution in [0.3, 0.4) is 0 Å². The molecule has 0 N–H and O–H groups in total. The molecule has 0 aliphatic rings. The third kappa shape index (κ3) is 2.10. The average Bonchev–Trinajstić information content (AvgIpc) is 2.19. The molecule has 0 aliphatic heterocycles. The van der Waals surface area contributed by atoms with Crippen LogP contribution in [0.5, 0.6) is 5.75 Å². The van der Waals surface area contributed by atoms with E-state index in [1.165, 1.54) is 0 Å². The maximum atomic E-state index is 11.5. The van der Waals surface area contributed by atoms with E-state index < -0.39 is 0 Å². The van der Waals surface area contributed by atoms with Gasteiger partial charge in [0.1, 0.15) is 13.6 Å². The molecule has 0 heterocycles. The Morgan fingerprint density at radius 3 is 2.71 bits per heavy atom. The zero-order chi connectivity index (χ0) is 10.7. The van der Waals surface area contributed by atoms with Gasteiger partial charge in [-0.2, -0.15) is 0 Å². The van der Waals surface area contributed by atoms with Crippen LogP contribution in [-0.2, 0) is 0 Å². The van der Waals surface area contributed by atoms with E-state index in [1.54, 1.807) is 19.2 Å². The maximum absolute atomic E-state index is 11.5. The number of halogens is 1. The van der Waals surface area contributed by atoms with E-state index >= 15 is 0 Å². The molecule has 1 aromatic rings. The summed E-state index contributed by atoms with van der Waals surface area (Å²) in [5.74, 6) is 0.712. The van der Waals surface area contributed by atoms with Gasteiger partial charge < -0.3 is 4.74 Å². The molecular formula is C10H12BClO2. The normalized spacial score (nSPS) is 9.93. The molecule has 1 aromatic carbocycles. The number of carbonyl (C=O) groups is 1. The predicted octanol–water partition coefficient (Wildman–Crippen LogP) is 1.89. The van der Waals surface area contributed by atoms with Crippen molar-refractivity contribution in [2.45, 2.75) is 13.2 Å². The first kappa shape index (κ1) is 11.1. The van der Waals surface area contributed by atoms with Crippen LogP contribution in [0, 0.1) is 6.92 Å². The van der Waals surface area contributed by atoms with Gasteiger partial charge in [0.05, 0.1) is 12.1 Å². The Labute approximate surface area is 89.6 Å². The summed E-state index contributed by atoms with van der Waals surface area (Å²) in [6.07, 6.45) is 0.490. The van der Waals surface area contributed by atoms with Crippen molar-refractivity contribution in [1.82, 2.24) is 0 Å². The summed E-state index contributed by atoms with van der Waals surface area (Å²) < 4.78 is 5.05. The van der Waals surface area contributed by atoms with Gasteiger partial charge in [-0.25, -0.2) is 0 Å². The van der Waals surface area contributed by atoms with Crippen molar-refractivity contribution in [2.24, 2.45) is 0 Å². The van der Waals surface area contributed by atoms with Crippen molar-refractivity contribution in [1.29, 1.82) is 0 Å². The molecule has 0 unspecified atom stereocenters. The van der Waals surface area contributed by atoms with Crippen LogP contribution in [0.15, 0.2) is 12.1 Å². The van der Waals surface area contributed by atoms with Crippen molar-refractivity contribution in [3.8, 4) is 5.75 Å². The van der Waals surface area contributed by atoms with Crippen molar-refractivity contribution >= 4 is 25.2 Å². The zero-order valence-corrected chi connectivity index (χ0v) is 9.31. The standard InChI is InChI=1S/C10H12BClO2/c1-6-3-10(14-2)8(12)4-7(6)9(13)5-11/h3-4H,5,11H2,1-2H3. The lowest BCUT2D eigenvalue weighted by Crippen LogP contribution is -2.01. The number of ether oxygens (including phenoxy) is 1. The molecule has 0 spiro atoms. The van der Waals surface area contributed by atoms with E-state index in [0.29, 0.717) is 22.7 Å². The highest BCUT2D eigenvalue weighted by atomic mass is 35.5. The molecule has 14 heavy (non-hydrogen) atoms. The van der Waals surface area contributed by atoms with E-state index in [0.717, 1.165) is 5.56 Å². The van der Waals surface area contributed by atoms with Crippen LogP contribution >= 0.6 is 11.6 Å². The second kappa shape index (κ2) is 4.51. The van der Waals surface area contributed by atoms with Gasteiger partial charge in [0.2, 0.25) is 0 Å². The molecule has 74 valence electrons. The largest absolute Gasteiger partial charge is 0.495 e. The molecule has 0 aromatic heterocycles. The van der Waals surface area contributed by atoms with E-state index in [1.807, 2.05) is 14.8 Å². The average molecular weight is 210 g/mol. The number of hydrogen-bond donors (Lipinski definition) is 0. The second-order valence-electron chi connectivity index (χ2n) is 3.08. The van der Waals surface area contributed by atoms with Gasteiger partial charge in [-0.05, 0) is 30.9 Å². The predicted molar refractivity (Wildman–Crippen MR) is 60.4 cm³/mol. The summed E-state index contributed by atoms with van der Waals surface area (Å²) in [7, 11) is 3.39. The minimum atomic E-state index is 0.104. The molecule has 0 saturated carbocycles. The van der Waals surface area contributed by atoms with Crippen molar-refractivity contribution in [2.75, 3.05) is 7.11 Å². The fourth-order valence-corrected chi connectivity index (χ4v) is 1.54. The number of aryl methyl sites for hydroxylation is 1. The Kier molecular flexibility index (Phi) is 3.58. The first-order valence-electron chi connectivity index (χ1n) is 4.47. The molecule has 2 nitrogen and oxygen atoms in total. The molecule has 0 fully saturated rings. The Balaban J connectivity index is 3.21. The van der Waals surface area contributed by atoms with E-state index in [-0.39, 0.29) is 5.78 Å². The van der Waals surface area contributed by atoms with Gasteiger partial charge in [-0.3, -0.25) is 4.79 Å². The van der Waals surface area contributed by atoms with Crippen LogP contribution in [-0.4, -0.2) is 20.7 Å². The SMILES string of the molecule is BCC(=O)c1cc(Cl)c(OC)cc1C. The summed E-state index contributed by atoms with van der Waals surface area (Å²) in [5.41, 5.74) is 1.58. The molecular weight excluding hydrogens is 198 g/mol. The lowest BCUT2D eigenvalue weighted by atomic mass is 9.93. The molecule has 0 amide bonds. The number of carbonyl (C=O) groups excluding carboxylic acids is 1. The van der Waals surface area contributed by atoms with E-state index in [2.05, 4.69) is 0 Å². The number of ketones is 1. The molecule has 0 aliphatic carbocycles. The minimum Gasteiger partial charge on any atom is -0.495 e. The third-order valence-corrected chi connectivity index (χ3v) is 2.42. The van der Waals surface area contributed by atoms with Gasteiger partial charge in [-0.1, -0.05) is 11.6 Å². The quantitative estimate of drug-likeness (QED) is 0.563. The first-order valence-corrected chi connectivity index (χ1v) is 4.85. The monoisotopic (exact) mass is 210 g/mol. The maximum Gasteiger partial charge on any atom is 0.155 e. The summed E-state index contributed by atoms with van der Waals surface area (Å²) in [6.45, 7) is 1.88. The summed E-state index contributed by atoms with van der Waals surface area (Å²) in [5, 5.41) is 0.481. The van der Waals surface area contributed by atoms with E-state index in [9.17, 15) is 4.79 Å². The number of Topliss-reactive ketones (excluding diaryl/α,β-unsaturated/α-hetero) is 1. The number of methoxy groups -OCH3 is 1. The van der Waals surface area contributed by atoms with Gasteiger partial charge in [0.15, 0.2) is 5.78 Å². The van der Waals surface area contributed by atoms with Gasteiger partial charge in [0, 0.05) is 5.56 Å². The fourth-order valence-electron chi connectivity index (χ4n) is 1.30. The van der Waals surface area contributed by atoms with E-state index in [4.69, 9.17) is 16.3 Å². The summed E-state index contributed by atoms with van der Waals surface area (Å²) >= 11 is 5.93. The summed E-state index contributed by atoms with van der Waals surface area (Å²) in [6, 6.07) is 3.45. The van der Waals surface area contributed by atoms with Gasteiger partial charge in [0.25, 0.3) is 0 Å². The van der Waals surface area contributed by atoms with Crippen LogP contribution in [0.1, 0.15) is 15.9 Å². The molecule has 0 saturated heterocycles. The Hall–Kier alpha value is -0.955. The Morgan fingerprint density at radius 2 is 2.21 bits per heavy atom. The van der Waals surface area contributed by atoms with Crippen molar-refractivity contribution in [3.63, 3.8) is 0 Å². The smallest absolute Gasteiger partial charge is 0.155 e. The van der Waals surface area contributed by atoms with Gasteiger partial charge >= 0.3 is 0 Å². The molecule has 0 radical (unpaired) electrons. The number of hydrogen-bond acceptors (Lipinski definition) is 2. The minimum absolute atomic E-state index is 0.104. The highest BCUT2D eigenvalue weighted by molar-refractivity contribution is 6.33. The van der Waals surface area contributed by atoms with Gasteiger partial charge in [-0.15, -0.1) is 0 Å². The lowest BCUT2D eigenvalue weighted by Gasteiger charge is -2.08. The lowest BCUT2D eigenvalue weighted by molar-refractivity contribution is 0.101. The fraction of sp³-hybridized carbons (Fsp3) is 0.300. The van der Waals surface area contributed by atoms with Crippen LogP contribution in [0.4, 0.5) is 0 Å². The zero-order valence-electron chi connectivity index (χ0n) is 8.56. The van der Waals surface area contributed by atoms with Crippen LogP contribution in [0.25, 0.3) is 0 Å². The summed E-state index contributed by atoms with van der Waals surface area (Å²) in [4.78, 5) is 11.5. The Morgan fingerprint density at radius 1 is 1.57 bits per heavy atom. The highest BCUT2D eigenvalue weighted by Crippen LogP contribution is 2.28. The third-order valence-electron chi connectivity index (χ3n) is 2.12. The van der Waals surface area contributed by atoms with Crippen LogP contribution in [0.2, 0.25) is 11.3 Å². The number of rotatable bonds is 3. The molecule has 4 heteroatoms. The van der Waals surface area contributed by atoms with Crippen molar-refractivity contribution < 1.29 is 9.53 Å². The van der Waals surface area contributed by atoms with Crippen LogP contribution < -0.4 is 4.74 Å². The molecule has 0 bridgehead atoms. The van der Waals surface area contributed by atoms with Crippen molar-refractivity contribution in [3.05, 3.63) is 28.3 Å². The topological polar surface area (TPSA) is 26.3 Å². The first-order chi connectivity index (χ1) is 6.60. The highest BCUT2D eigenvalue weighted by Gasteiger charge is 2.10. The molecule has 1 rings (SSSR count). The second-order valence-corrected chi connectivity index (χ2v) is 3.49. The number of benzene rings is 1. The molecule has 0 atom stereocenters.